The van der Waals surface area contributed by atoms with Crippen LogP contribution in [0, 0.1) is 0 Å². The van der Waals surface area contributed by atoms with Crippen LogP contribution in [0.3, 0.4) is 0 Å². The van der Waals surface area contributed by atoms with E-state index in [1.165, 1.54) is 11.1 Å². The number of rotatable bonds is 6. The summed E-state index contributed by atoms with van der Waals surface area (Å²) in [6.45, 7) is 5.79. The predicted octanol–water partition coefficient (Wildman–Crippen LogP) is 5.16. The molecule has 4 nitrogen and oxygen atoms in total. The summed E-state index contributed by atoms with van der Waals surface area (Å²) in [6, 6.07) is 21.1. The largest absolute Gasteiger partial charge is 0.360 e. The van der Waals surface area contributed by atoms with Crippen LogP contribution in [0.25, 0.3) is 11.0 Å². The van der Waals surface area contributed by atoms with Crippen molar-refractivity contribution in [2.24, 2.45) is 4.99 Å². The highest BCUT2D eigenvalue weighted by Crippen LogP contribution is 2.20. The van der Waals surface area contributed by atoms with Crippen LogP contribution in [-0.2, 0) is 13.1 Å². The number of nitrogens with zero attached hydrogens (tertiary/aromatic N) is 3. The molecule has 0 amide bonds. The van der Waals surface area contributed by atoms with E-state index in [1.54, 1.807) is 0 Å². The quantitative estimate of drug-likeness (QED) is 0.477. The highest BCUT2D eigenvalue weighted by Gasteiger charge is 2.10. The standard InChI is InChI=1S/C23H24N4/c1-17(2)19-11-9-18(10-12-19)16-27-22-8-4-3-7-21(22)26-23(27)15-24-14-20-6-5-13-25-20/h3-14,17,25H,15-16H2,1-2H3. The van der Waals surface area contributed by atoms with Crippen molar-refractivity contribution in [1.82, 2.24) is 14.5 Å². The number of fused-ring (bicyclic) bond motifs is 1. The first kappa shape index (κ1) is 17.3. The SMILES string of the molecule is CC(C)c1ccc(Cn2c(CN=Cc3ccc[nH]3)nc3ccccc32)cc1. The van der Waals surface area contributed by atoms with E-state index in [2.05, 4.69) is 70.9 Å². The summed E-state index contributed by atoms with van der Waals surface area (Å²) < 4.78 is 2.27. The van der Waals surface area contributed by atoms with Gasteiger partial charge in [-0.3, -0.25) is 4.99 Å². The van der Waals surface area contributed by atoms with Gasteiger partial charge in [0.1, 0.15) is 5.82 Å². The number of nitrogens with one attached hydrogen (secondary N) is 1. The number of benzene rings is 2. The van der Waals surface area contributed by atoms with Crippen molar-refractivity contribution in [3.63, 3.8) is 0 Å². The molecule has 0 aliphatic heterocycles. The normalized spacial score (nSPS) is 11.8. The predicted molar refractivity (Wildman–Crippen MR) is 111 cm³/mol. The lowest BCUT2D eigenvalue weighted by Gasteiger charge is -2.10. The molecule has 0 bridgehead atoms. The first-order valence-corrected chi connectivity index (χ1v) is 9.37. The van der Waals surface area contributed by atoms with Gasteiger partial charge in [-0.1, -0.05) is 50.2 Å². The number of H-pyrrole nitrogens is 1. The molecule has 1 N–H and O–H groups in total. The van der Waals surface area contributed by atoms with Crippen LogP contribution >= 0.6 is 0 Å². The molecule has 4 rings (SSSR count). The molecule has 4 aromatic rings. The molecule has 0 spiro atoms. The third kappa shape index (κ3) is 3.85. The lowest BCUT2D eigenvalue weighted by atomic mass is 10.0. The van der Waals surface area contributed by atoms with Gasteiger partial charge in [0.25, 0.3) is 0 Å². The van der Waals surface area contributed by atoms with Crippen molar-refractivity contribution in [1.29, 1.82) is 0 Å². The van der Waals surface area contributed by atoms with Crippen molar-refractivity contribution >= 4 is 17.2 Å². The molecule has 2 aromatic carbocycles. The zero-order chi connectivity index (χ0) is 18.6. The van der Waals surface area contributed by atoms with Gasteiger partial charge in [-0.15, -0.1) is 0 Å². The zero-order valence-electron chi connectivity index (χ0n) is 15.8. The molecule has 0 aliphatic rings. The lowest BCUT2D eigenvalue weighted by Crippen LogP contribution is -2.05. The number of aromatic nitrogens is 3. The van der Waals surface area contributed by atoms with Crippen LogP contribution in [0.2, 0.25) is 0 Å². The fourth-order valence-electron chi connectivity index (χ4n) is 3.26. The fraction of sp³-hybridized carbons (Fsp3) is 0.217. The van der Waals surface area contributed by atoms with Crippen LogP contribution in [-0.4, -0.2) is 20.7 Å². The minimum atomic E-state index is 0.547. The van der Waals surface area contributed by atoms with Gasteiger partial charge >= 0.3 is 0 Å². The number of aromatic amines is 1. The van der Waals surface area contributed by atoms with E-state index < -0.39 is 0 Å². The van der Waals surface area contributed by atoms with E-state index in [4.69, 9.17) is 4.98 Å². The Bertz CT molecular complexity index is 1040. The molecule has 0 unspecified atom stereocenters. The van der Waals surface area contributed by atoms with E-state index >= 15 is 0 Å². The summed E-state index contributed by atoms with van der Waals surface area (Å²) >= 11 is 0. The van der Waals surface area contributed by atoms with E-state index in [1.807, 2.05) is 30.6 Å². The number of hydrogen-bond acceptors (Lipinski definition) is 2. The smallest absolute Gasteiger partial charge is 0.131 e. The molecule has 27 heavy (non-hydrogen) atoms. The Kier molecular flexibility index (Phi) is 4.88. The van der Waals surface area contributed by atoms with Gasteiger partial charge in [-0.2, -0.15) is 0 Å². The fourth-order valence-corrected chi connectivity index (χ4v) is 3.26. The Morgan fingerprint density at radius 2 is 1.85 bits per heavy atom. The molecule has 136 valence electrons. The van der Waals surface area contributed by atoms with E-state index in [-0.39, 0.29) is 0 Å². The third-order valence-electron chi connectivity index (χ3n) is 4.81. The van der Waals surface area contributed by atoms with Crippen LogP contribution in [0.5, 0.6) is 0 Å². The van der Waals surface area contributed by atoms with E-state index in [0.717, 1.165) is 29.1 Å². The summed E-state index contributed by atoms with van der Waals surface area (Å²) in [4.78, 5) is 12.5. The Morgan fingerprint density at radius 3 is 2.59 bits per heavy atom. The van der Waals surface area contributed by atoms with Crippen molar-refractivity contribution in [2.45, 2.75) is 32.9 Å². The second-order valence-corrected chi connectivity index (χ2v) is 7.09. The van der Waals surface area contributed by atoms with Gasteiger partial charge < -0.3 is 9.55 Å². The highest BCUT2D eigenvalue weighted by atomic mass is 15.1. The average Bonchev–Trinajstić information content (AvgIpc) is 3.31. The number of imidazole rings is 1. The average molecular weight is 356 g/mol. The van der Waals surface area contributed by atoms with Crippen LogP contribution in [0.15, 0.2) is 71.9 Å². The third-order valence-corrected chi connectivity index (χ3v) is 4.81. The maximum Gasteiger partial charge on any atom is 0.131 e. The van der Waals surface area contributed by atoms with Gasteiger partial charge in [-0.25, -0.2) is 4.98 Å². The molecule has 0 saturated carbocycles. The molecule has 0 saturated heterocycles. The van der Waals surface area contributed by atoms with E-state index in [9.17, 15) is 0 Å². The Balaban J connectivity index is 1.63. The lowest BCUT2D eigenvalue weighted by molar-refractivity contribution is 0.744. The molecule has 0 radical (unpaired) electrons. The summed E-state index contributed by atoms with van der Waals surface area (Å²) in [5.41, 5.74) is 5.81. The van der Waals surface area contributed by atoms with Gasteiger partial charge in [0.15, 0.2) is 0 Å². The summed E-state index contributed by atoms with van der Waals surface area (Å²) in [5.74, 6) is 1.53. The molecule has 0 aliphatic carbocycles. The topological polar surface area (TPSA) is 46.0 Å². The zero-order valence-corrected chi connectivity index (χ0v) is 15.8. The molecule has 2 heterocycles. The van der Waals surface area contributed by atoms with Crippen molar-refractivity contribution in [3.05, 3.63) is 89.5 Å². The Labute approximate surface area is 159 Å². The molecular formula is C23H24N4. The Morgan fingerprint density at radius 1 is 1.04 bits per heavy atom. The molecule has 0 fully saturated rings. The number of para-hydroxylation sites is 2. The first-order chi connectivity index (χ1) is 13.2. The maximum absolute atomic E-state index is 4.81. The maximum atomic E-state index is 4.81. The van der Waals surface area contributed by atoms with Gasteiger partial charge in [0.2, 0.25) is 0 Å². The highest BCUT2D eigenvalue weighted by molar-refractivity contribution is 5.77. The summed E-state index contributed by atoms with van der Waals surface area (Å²) in [7, 11) is 0. The van der Waals surface area contributed by atoms with Crippen molar-refractivity contribution in [2.75, 3.05) is 0 Å². The Hall–Kier alpha value is -3.14. The van der Waals surface area contributed by atoms with Crippen LogP contribution in [0.4, 0.5) is 0 Å². The summed E-state index contributed by atoms with van der Waals surface area (Å²) in [5, 5.41) is 0. The van der Waals surface area contributed by atoms with E-state index in [0.29, 0.717) is 12.5 Å². The van der Waals surface area contributed by atoms with Crippen molar-refractivity contribution < 1.29 is 0 Å². The second-order valence-electron chi connectivity index (χ2n) is 7.09. The summed E-state index contributed by atoms with van der Waals surface area (Å²) in [6.07, 6.45) is 3.76. The monoisotopic (exact) mass is 356 g/mol. The van der Waals surface area contributed by atoms with Gasteiger partial charge in [0, 0.05) is 19.0 Å². The van der Waals surface area contributed by atoms with Crippen LogP contribution < -0.4 is 0 Å². The van der Waals surface area contributed by atoms with Crippen molar-refractivity contribution in [3.8, 4) is 0 Å². The second kappa shape index (κ2) is 7.62. The molecule has 0 atom stereocenters. The van der Waals surface area contributed by atoms with Gasteiger partial charge in [-0.05, 0) is 41.3 Å². The number of aliphatic imine (C=N–C) groups is 1. The molecule has 2 aromatic heterocycles. The first-order valence-electron chi connectivity index (χ1n) is 9.37. The van der Waals surface area contributed by atoms with Gasteiger partial charge in [0.05, 0.1) is 23.3 Å². The molecule has 4 heteroatoms. The molecular weight excluding hydrogens is 332 g/mol. The van der Waals surface area contributed by atoms with Crippen LogP contribution in [0.1, 0.15) is 42.4 Å². The minimum absolute atomic E-state index is 0.547. The number of hydrogen-bond donors (Lipinski definition) is 1. The minimum Gasteiger partial charge on any atom is -0.360 e.